The summed E-state index contributed by atoms with van der Waals surface area (Å²) in [6, 6.07) is 0. The molecule has 0 spiro atoms. The Hall–Kier alpha value is -1.65. The molecule has 0 aromatic carbocycles. The maximum Gasteiger partial charge on any atom is 0.385 e. The topological polar surface area (TPSA) is 90.9 Å². The van der Waals surface area contributed by atoms with Crippen LogP contribution in [-0.2, 0) is 0 Å². The lowest BCUT2D eigenvalue weighted by atomic mass is 10.3. The zero-order chi connectivity index (χ0) is 8.59. The Balaban J connectivity index is 3.59. The molecule has 0 aliphatic rings. The van der Waals surface area contributed by atoms with Crippen LogP contribution in [0.4, 0.5) is 0 Å². The lowest BCUT2D eigenvalue weighted by Crippen LogP contribution is -1.98. The molecule has 5 nitrogen and oxygen atoms in total. The monoisotopic (exact) mass is 158 g/mol. The molecule has 0 atom stereocenters. The molecule has 5 heteroatoms. The molecule has 1 aromatic rings. The first-order chi connectivity index (χ1) is 5.04. The van der Waals surface area contributed by atoms with Gasteiger partial charge in [0.1, 0.15) is 0 Å². The van der Waals surface area contributed by atoms with Crippen LogP contribution in [0, 0.1) is 6.92 Å². The minimum Gasteiger partial charge on any atom is -0.504 e. The van der Waals surface area contributed by atoms with Crippen molar-refractivity contribution in [3.05, 3.63) is 16.0 Å². The Morgan fingerprint density at radius 1 is 1.18 bits per heavy atom. The Morgan fingerprint density at radius 2 is 1.73 bits per heavy atom. The van der Waals surface area contributed by atoms with E-state index in [4.69, 9.17) is 15.3 Å². The first-order valence-corrected chi connectivity index (χ1v) is 2.78. The van der Waals surface area contributed by atoms with Gasteiger partial charge in [0.2, 0.25) is 5.75 Å². The van der Waals surface area contributed by atoms with Crippen LogP contribution in [0.1, 0.15) is 5.56 Å². The van der Waals surface area contributed by atoms with Crippen LogP contribution in [0.5, 0.6) is 17.4 Å². The van der Waals surface area contributed by atoms with Crippen LogP contribution in [0.2, 0.25) is 0 Å². The molecule has 0 saturated heterocycles. The van der Waals surface area contributed by atoms with Gasteiger partial charge >= 0.3 is 5.63 Å². The van der Waals surface area contributed by atoms with Crippen LogP contribution in [-0.4, -0.2) is 15.3 Å². The molecule has 1 aromatic heterocycles. The van der Waals surface area contributed by atoms with Gasteiger partial charge in [-0.15, -0.1) is 0 Å². The van der Waals surface area contributed by atoms with E-state index in [1.807, 2.05) is 0 Å². The smallest absolute Gasteiger partial charge is 0.385 e. The highest BCUT2D eigenvalue weighted by Crippen LogP contribution is 2.29. The molecular formula is C6H6O5. The van der Waals surface area contributed by atoms with Gasteiger partial charge in [0.25, 0.3) is 5.95 Å². The summed E-state index contributed by atoms with van der Waals surface area (Å²) < 4.78 is 4.11. The number of rotatable bonds is 0. The average Bonchev–Trinajstić information content (AvgIpc) is 1.97. The third-order valence-electron chi connectivity index (χ3n) is 1.28. The van der Waals surface area contributed by atoms with E-state index in [-0.39, 0.29) is 5.56 Å². The predicted octanol–water partition coefficient (Wildman–Crippen LogP) is 0.0650. The van der Waals surface area contributed by atoms with Gasteiger partial charge in [-0.2, -0.15) is 0 Å². The van der Waals surface area contributed by atoms with Gasteiger partial charge in [0, 0.05) is 0 Å². The molecule has 60 valence electrons. The summed E-state index contributed by atoms with van der Waals surface area (Å²) >= 11 is 0. The van der Waals surface area contributed by atoms with Crippen molar-refractivity contribution in [1.29, 1.82) is 0 Å². The SMILES string of the molecule is Cc1c(O)oc(=O)c(O)c1O. The van der Waals surface area contributed by atoms with E-state index in [2.05, 4.69) is 4.42 Å². The third-order valence-corrected chi connectivity index (χ3v) is 1.28. The first-order valence-electron chi connectivity index (χ1n) is 2.78. The van der Waals surface area contributed by atoms with E-state index in [1.54, 1.807) is 0 Å². The van der Waals surface area contributed by atoms with E-state index in [0.717, 1.165) is 0 Å². The lowest BCUT2D eigenvalue weighted by molar-refractivity contribution is 0.278. The van der Waals surface area contributed by atoms with Gasteiger partial charge in [0.05, 0.1) is 5.56 Å². The molecule has 0 saturated carbocycles. The quantitative estimate of drug-likeness (QED) is 0.496. The third kappa shape index (κ3) is 1.000. The Labute approximate surface area is 61.1 Å². The van der Waals surface area contributed by atoms with E-state index < -0.39 is 23.1 Å². The maximum absolute atomic E-state index is 10.5. The van der Waals surface area contributed by atoms with Crippen LogP contribution >= 0.6 is 0 Å². The van der Waals surface area contributed by atoms with Gasteiger partial charge in [-0.3, -0.25) is 0 Å². The molecule has 0 bridgehead atoms. The van der Waals surface area contributed by atoms with Crippen LogP contribution < -0.4 is 5.63 Å². The van der Waals surface area contributed by atoms with E-state index in [9.17, 15) is 4.79 Å². The summed E-state index contributed by atoms with van der Waals surface area (Å²) in [5.41, 5.74) is -1.23. The molecule has 3 N–H and O–H groups in total. The molecule has 0 aliphatic carbocycles. The fourth-order valence-electron chi connectivity index (χ4n) is 0.588. The second-order valence-electron chi connectivity index (χ2n) is 2.02. The lowest BCUT2D eigenvalue weighted by Gasteiger charge is -1.99. The Bertz CT molecular complexity index is 338. The molecule has 0 amide bonds. The fourth-order valence-corrected chi connectivity index (χ4v) is 0.588. The predicted molar refractivity (Wildman–Crippen MR) is 34.7 cm³/mol. The highest BCUT2D eigenvalue weighted by Gasteiger charge is 2.13. The van der Waals surface area contributed by atoms with Crippen molar-refractivity contribution in [2.45, 2.75) is 6.92 Å². The summed E-state index contributed by atoms with van der Waals surface area (Å²) in [6.07, 6.45) is 0. The van der Waals surface area contributed by atoms with Gasteiger partial charge in [-0.05, 0) is 6.92 Å². The zero-order valence-corrected chi connectivity index (χ0v) is 5.66. The highest BCUT2D eigenvalue weighted by atomic mass is 16.5. The normalized spacial score (nSPS) is 9.91. The maximum atomic E-state index is 10.5. The van der Waals surface area contributed by atoms with Crippen molar-refractivity contribution in [3.63, 3.8) is 0 Å². The molecule has 0 aliphatic heterocycles. The van der Waals surface area contributed by atoms with Crippen molar-refractivity contribution < 1.29 is 19.7 Å². The Kier molecular flexibility index (Phi) is 1.48. The number of aromatic hydroxyl groups is 3. The van der Waals surface area contributed by atoms with Crippen molar-refractivity contribution in [2.75, 3.05) is 0 Å². The Morgan fingerprint density at radius 3 is 2.27 bits per heavy atom. The number of hydrogen-bond acceptors (Lipinski definition) is 5. The second-order valence-corrected chi connectivity index (χ2v) is 2.02. The van der Waals surface area contributed by atoms with Crippen LogP contribution in [0.15, 0.2) is 9.21 Å². The van der Waals surface area contributed by atoms with Crippen molar-refractivity contribution in [3.8, 4) is 17.4 Å². The van der Waals surface area contributed by atoms with Gasteiger partial charge in [-0.25, -0.2) is 4.79 Å². The van der Waals surface area contributed by atoms with Crippen molar-refractivity contribution in [2.24, 2.45) is 0 Å². The van der Waals surface area contributed by atoms with Gasteiger partial charge in [-0.1, -0.05) is 0 Å². The van der Waals surface area contributed by atoms with E-state index in [0.29, 0.717) is 0 Å². The molecule has 0 fully saturated rings. The molecule has 0 unspecified atom stereocenters. The standard InChI is InChI=1S/C6H6O5/c1-2-3(7)4(8)6(10)11-5(2)9/h7-9H,1H3. The largest absolute Gasteiger partial charge is 0.504 e. The van der Waals surface area contributed by atoms with Gasteiger partial charge in [0.15, 0.2) is 5.75 Å². The number of hydrogen-bond donors (Lipinski definition) is 3. The van der Waals surface area contributed by atoms with Gasteiger partial charge < -0.3 is 19.7 Å². The molecular weight excluding hydrogens is 152 g/mol. The summed E-state index contributed by atoms with van der Waals surface area (Å²) in [7, 11) is 0. The molecule has 1 heterocycles. The molecule has 1 rings (SSSR count). The summed E-state index contributed by atoms with van der Waals surface area (Å²) in [5.74, 6) is -2.23. The average molecular weight is 158 g/mol. The van der Waals surface area contributed by atoms with Crippen LogP contribution in [0.3, 0.4) is 0 Å². The minimum atomic E-state index is -1.16. The van der Waals surface area contributed by atoms with Crippen molar-refractivity contribution >= 4 is 0 Å². The van der Waals surface area contributed by atoms with E-state index >= 15 is 0 Å². The van der Waals surface area contributed by atoms with E-state index in [1.165, 1.54) is 6.92 Å². The molecule has 11 heavy (non-hydrogen) atoms. The van der Waals surface area contributed by atoms with Crippen LogP contribution in [0.25, 0.3) is 0 Å². The minimum absolute atomic E-state index is 0.0675. The summed E-state index contributed by atoms with van der Waals surface area (Å²) in [6.45, 7) is 1.30. The first kappa shape index (κ1) is 7.46. The highest BCUT2D eigenvalue weighted by molar-refractivity contribution is 5.44. The fraction of sp³-hybridized carbons (Fsp3) is 0.167. The second kappa shape index (κ2) is 2.19. The van der Waals surface area contributed by atoms with Crippen molar-refractivity contribution in [1.82, 2.24) is 0 Å². The summed E-state index contributed by atoms with van der Waals surface area (Å²) in [4.78, 5) is 10.5. The molecule has 0 radical (unpaired) electrons. The zero-order valence-electron chi connectivity index (χ0n) is 5.66. The summed E-state index contributed by atoms with van der Waals surface area (Å²) in [5, 5.41) is 26.4.